The second-order valence-electron chi connectivity index (χ2n) is 8.15. The van der Waals surface area contributed by atoms with Crippen molar-refractivity contribution in [3.8, 4) is 0 Å². The highest BCUT2D eigenvalue weighted by Crippen LogP contribution is 2.30. The first-order valence-corrected chi connectivity index (χ1v) is 10.3. The van der Waals surface area contributed by atoms with Crippen LogP contribution in [-0.2, 0) is 9.59 Å². The number of rotatable bonds is 3. The Hall–Kier alpha value is -1.92. The molecule has 0 bridgehead atoms. The van der Waals surface area contributed by atoms with Crippen molar-refractivity contribution >= 4 is 11.8 Å². The molecule has 4 rings (SSSR count). The molecule has 3 aliphatic rings. The van der Waals surface area contributed by atoms with E-state index < -0.39 is 0 Å². The molecule has 3 atom stereocenters. The van der Waals surface area contributed by atoms with Crippen molar-refractivity contribution in [3.05, 3.63) is 35.9 Å². The second-order valence-corrected chi connectivity index (χ2v) is 8.15. The van der Waals surface area contributed by atoms with Crippen LogP contribution in [0.25, 0.3) is 0 Å². The van der Waals surface area contributed by atoms with E-state index in [1.165, 1.54) is 24.8 Å². The van der Waals surface area contributed by atoms with E-state index >= 15 is 0 Å². The second kappa shape index (κ2) is 7.98. The summed E-state index contributed by atoms with van der Waals surface area (Å²) in [6.07, 6.45) is 5.94. The summed E-state index contributed by atoms with van der Waals surface area (Å²) < 4.78 is 0. The summed E-state index contributed by atoms with van der Waals surface area (Å²) in [5.41, 5.74) is 7.62. The summed E-state index contributed by atoms with van der Waals surface area (Å²) in [4.78, 5) is 29.5. The van der Waals surface area contributed by atoms with Gasteiger partial charge in [0, 0.05) is 25.0 Å². The van der Waals surface area contributed by atoms with E-state index in [2.05, 4.69) is 29.9 Å². The lowest BCUT2D eigenvalue weighted by atomic mass is 9.90. The van der Waals surface area contributed by atoms with Gasteiger partial charge in [-0.2, -0.15) is 0 Å². The average Bonchev–Trinajstić information content (AvgIpc) is 3.10. The molecular formula is C21H30N4O2. The molecule has 2 saturated heterocycles. The fraction of sp³-hybridized carbons (Fsp3) is 0.619. The molecular weight excluding hydrogens is 340 g/mol. The van der Waals surface area contributed by atoms with Crippen molar-refractivity contribution in [1.29, 1.82) is 0 Å². The number of carbonyl (C=O) groups excluding carboxylic acids is 2. The van der Waals surface area contributed by atoms with Gasteiger partial charge in [-0.05, 0) is 18.4 Å². The summed E-state index contributed by atoms with van der Waals surface area (Å²) in [6, 6.07) is 10.4. The number of hydrazine groups is 1. The van der Waals surface area contributed by atoms with E-state index in [4.69, 9.17) is 0 Å². The van der Waals surface area contributed by atoms with Gasteiger partial charge in [0.1, 0.15) is 6.04 Å². The number of hydrogen-bond acceptors (Lipinski definition) is 4. The Balaban J connectivity index is 1.37. The number of amides is 2. The maximum Gasteiger partial charge on any atom is 0.242 e. The van der Waals surface area contributed by atoms with Crippen LogP contribution < -0.4 is 10.9 Å². The fourth-order valence-electron chi connectivity index (χ4n) is 4.82. The molecule has 1 saturated carbocycles. The Morgan fingerprint density at radius 1 is 1.04 bits per heavy atom. The van der Waals surface area contributed by atoms with Gasteiger partial charge >= 0.3 is 0 Å². The van der Waals surface area contributed by atoms with Crippen LogP contribution in [-0.4, -0.2) is 53.3 Å². The minimum Gasteiger partial charge on any atom is -0.336 e. The molecule has 0 radical (unpaired) electrons. The zero-order valence-electron chi connectivity index (χ0n) is 16.1. The number of benzene rings is 1. The number of nitrogens with zero attached hydrogens (tertiary/aromatic N) is 2. The molecule has 2 aliphatic heterocycles. The van der Waals surface area contributed by atoms with E-state index in [9.17, 15) is 9.59 Å². The Labute approximate surface area is 161 Å². The van der Waals surface area contributed by atoms with Crippen molar-refractivity contribution in [3.63, 3.8) is 0 Å². The van der Waals surface area contributed by atoms with E-state index in [0.29, 0.717) is 19.1 Å². The highest BCUT2D eigenvalue weighted by molar-refractivity contribution is 5.89. The topological polar surface area (TPSA) is 64.7 Å². The van der Waals surface area contributed by atoms with E-state index in [0.717, 1.165) is 12.8 Å². The molecule has 0 spiro atoms. The molecule has 1 aliphatic carbocycles. The normalized spacial score (nSPS) is 30.0. The summed E-state index contributed by atoms with van der Waals surface area (Å²) in [5.74, 6) is 0.260. The van der Waals surface area contributed by atoms with Crippen molar-refractivity contribution in [2.24, 2.45) is 5.92 Å². The largest absolute Gasteiger partial charge is 0.336 e. The van der Waals surface area contributed by atoms with Gasteiger partial charge in [-0.25, -0.2) is 10.9 Å². The van der Waals surface area contributed by atoms with E-state index in [-0.39, 0.29) is 36.4 Å². The summed E-state index contributed by atoms with van der Waals surface area (Å²) in [6.45, 7) is 3.62. The molecule has 3 fully saturated rings. The Bertz CT molecular complexity index is 674. The van der Waals surface area contributed by atoms with Crippen LogP contribution >= 0.6 is 0 Å². The summed E-state index contributed by atoms with van der Waals surface area (Å²) in [5, 5.41) is 0. The molecule has 1 aromatic carbocycles. The minimum absolute atomic E-state index is 0.0325. The first-order valence-electron chi connectivity index (χ1n) is 10.3. The lowest BCUT2D eigenvalue weighted by molar-refractivity contribution is -0.149. The Morgan fingerprint density at radius 3 is 2.48 bits per heavy atom. The third-order valence-electron chi connectivity index (χ3n) is 6.46. The smallest absolute Gasteiger partial charge is 0.242 e. The van der Waals surface area contributed by atoms with Gasteiger partial charge in [-0.1, -0.05) is 56.5 Å². The van der Waals surface area contributed by atoms with Crippen LogP contribution in [0.4, 0.5) is 0 Å². The van der Waals surface area contributed by atoms with Crippen LogP contribution in [0, 0.1) is 5.92 Å². The van der Waals surface area contributed by atoms with Crippen LogP contribution in [0.2, 0.25) is 0 Å². The zero-order chi connectivity index (χ0) is 18.8. The molecule has 0 aromatic heterocycles. The number of carbonyl (C=O) groups is 2. The van der Waals surface area contributed by atoms with Gasteiger partial charge in [0.05, 0.1) is 12.6 Å². The van der Waals surface area contributed by atoms with Gasteiger partial charge in [0.25, 0.3) is 0 Å². The van der Waals surface area contributed by atoms with Crippen LogP contribution in [0.5, 0.6) is 0 Å². The molecule has 1 aromatic rings. The summed E-state index contributed by atoms with van der Waals surface area (Å²) in [7, 11) is 0. The van der Waals surface area contributed by atoms with Gasteiger partial charge in [0.2, 0.25) is 11.8 Å². The first-order chi connectivity index (χ1) is 13.1. The number of piperazine rings is 1. The van der Waals surface area contributed by atoms with Crippen LogP contribution in [0.3, 0.4) is 0 Å². The number of hydrogen-bond donors (Lipinski definition) is 2. The van der Waals surface area contributed by atoms with Crippen LogP contribution in [0.15, 0.2) is 30.3 Å². The standard InChI is InChI=1S/C21H30N4O2/c1-15-19(16-8-4-2-5-9-16)22-23-20(15)21(27)24-12-13-25(18(26)14-24)17-10-6-3-7-11-17/h2,4-5,8-9,15,17,19-20,22-23H,3,6-7,10-14H2,1H3. The molecule has 27 heavy (non-hydrogen) atoms. The lowest BCUT2D eigenvalue weighted by Gasteiger charge is -2.41. The maximum absolute atomic E-state index is 13.1. The third-order valence-corrected chi connectivity index (χ3v) is 6.46. The molecule has 146 valence electrons. The van der Waals surface area contributed by atoms with Gasteiger partial charge < -0.3 is 9.80 Å². The van der Waals surface area contributed by atoms with Crippen molar-refractivity contribution < 1.29 is 9.59 Å². The van der Waals surface area contributed by atoms with Crippen LogP contribution in [0.1, 0.15) is 50.6 Å². The van der Waals surface area contributed by atoms with E-state index in [1.54, 1.807) is 4.90 Å². The lowest BCUT2D eigenvalue weighted by Crippen LogP contribution is -2.58. The monoisotopic (exact) mass is 370 g/mol. The van der Waals surface area contributed by atoms with E-state index in [1.807, 2.05) is 23.1 Å². The molecule has 2 heterocycles. The van der Waals surface area contributed by atoms with Gasteiger partial charge in [0.15, 0.2) is 0 Å². The average molecular weight is 370 g/mol. The molecule has 2 N–H and O–H groups in total. The number of nitrogens with one attached hydrogen (secondary N) is 2. The van der Waals surface area contributed by atoms with Gasteiger partial charge in [-0.15, -0.1) is 0 Å². The van der Waals surface area contributed by atoms with Gasteiger partial charge in [-0.3, -0.25) is 9.59 Å². The summed E-state index contributed by atoms with van der Waals surface area (Å²) >= 11 is 0. The first kappa shape index (κ1) is 18.4. The molecule has 6 nitrogen and oxygen atoms in total. The minimum atomic E-state index is -0.302. The SMILES string of the molecule is CC1C(C(=O)N2CCN(C3CCCCC3)C(=O)C2)NNC1c1ccccc1. The molecule has 2 amide bonds. The predicted molar refractivity (Wildman–Crippen MR) is 104 cm³/mol. The van der Waals surface area contributed by atoms with Crippen molar-refractivity contribution in [1.82, 2.24) is 20.7 Å². The zero-order valence-corrected chi connectivity index (χ0v) is 16.1. The third kappa shape index (κ3) is 3.73. The Kier molecular flexibility index (Phi) is 5.45. The highest BCUT2D eigenvalue weighted by Gasteiger charge is 2.41. The molecule has 6 heteroatoms. The maximum atomic E-state index is 13.1. The van der Waals surface area contributed by atoms with Crippen molar-refractivity contribution in [2.45, 2.75) is 57.2 Å². The fourth-order valence-corrected chi connectivity index (χ4v) is 4.82. The highest BCUT2D eigenvalue weighted by atomic mass is 16.2. The Morgan fingerprint density at radius 2 is 1.78 bits per heavy atom. The molecule has 3 unspecified atom stereocenters. The quantitative estimate of drug-likeness (QED) is 0.852. The predicted octanol–water partition coefficient (Wildman–Crippen LogP) is 1.84. The van der Waals surface area contributed by atoms with Crippen molar-refractivity contribution in [2.75, 3.05) is 19.6 Å².